The molecule has 0 radical (unpaired) electrons. The maximum Gasteiger partial charge on any atom is 0.350 e. The van der Waals surface area contributed by atoms with Crippen molar-refractivity contribution >= 4 is 15.7 Å². The minimum Gasteiger partial charge on any atom is -0.477 e. The van der Waals surface area contributed by atoms with Crippen LogP contribution in [0.1, 0.15) is 24.5 Å². The molecule has 0 bridgehead atoms. The maximum atomic E-state index is 13.1. The minimum atomic E-state index is -3.55. The Balaban J connectivity index is 1.55. The Hall–Kier alpha value is -2.75. The van der Waals surface area contributed by atoms with E-state index in [9.17, 15) is 18.3 Å². The van der Waals surface area contributed by atoms with E-state index < -0.39 is 10.0 Å². The molecule has 1 fully saturated rings. The number of benzene rings is 1. The number of aryl methyl sites for hydroxylation is 2. The van der Waals surface area contributed by atoms with E-state index in [1.807, 2.05) is 30.9 Å². The van der Waals surface area contributed by atoms with Crippen LogP contribution in [0, 0.1) is 6.92 Å². The molecule has 2 aromatic heterocycles. The summed E-state index contributed by atoms with van der Waals surface area (Å²) in [6, 6.07) is 12.3. The van der Waals surface area contributed by atoms with Crippen LogP contribution in [-0.2, 0) is 23.1 Å². The topological polar surface area (TPSA) is 86.2 Å². The molecule has 1 aromatic carbocycles. The van der Waals surface area contributed by atoms with Gasteiger partial charge >= 0.3 is 5.56 Å². The molecule has 1 saturated heterocycles. The molecule has 9 heteroatoms. The van der Waals surface area contributed by atoms with Crippen LogP contribution in [0.3, 0.4) is 0 Å². The number of rotatable bonds is 6. The Kier molecular flexibility index (Phi) is 6.32. The first kappa shape index (κ1) is 22.4. The zero-order chi connectivity index (χ0) is 22.9. The SMILES string of the molecule is CCC[n+]1c(O)c(CN2CCN(S(=O)(=O)c3ccc(C)cc3)CC2)c(=O)n2ccccc21. The summed E-state index contributed by atoms with van der Waals surface area (Å²) in [4.78, 5) is 15.4. The third-order valence-electron chi connectivity index (χ3n) is 5.94. The second-order valence-corrected chi connectivity index (χ2v) is 10.1. The lowest BCUT2D eigenvalue weighted by Crippen LogP contribution is -2.49. The average Bonchev–Trinajstić information content (AvgIpc) is 2.80. The summed E-state index contributed by atoms with van der Waals surface area (Å²) in [6.45, 7) is 6.43. The molecule has 4 rings (SSSR count). The summed E-state index contributed by atoms with van der Waals surface area (Å²) in [7, 11) is -3.55. The molecule has 3 aromatic rings. The van der Waals surface area contributed by atoms with Gasteiger partial charge in [-0.1, -0.05) is 30.7 Å². The fourth-order valence-electron chi connectivity index (χ4n) is 4.13. The number of hydrogen-bond donors (Lipinski definition) is 1. The van der Waals surface area contributed by atoms with Crippen molar-refractivity contribution in [1.82, 2.24) is 13.6 Å². The molecule has 8 nitrogen and oxygen atoms in total. The molecule has 0 aliphatic carbocycles. The largest absolute Gasteiger partial charge is 0.477 e. The van der Waals surface area contributed by atoms with Crippen molar-refractivity contribution in [3.63, 3.8) is 0 Å². The van der Waals surface area contributed by atoms with E-state index in [0.29, 0.717) is 48.8 Å². The predicted molar refractivity (Wildman–Crippen MR) is 121 cm³/mol. The normalized spacial score (nSPS) is 15.9. The van der Waals surface area contributed by atoms with Gasteiger partial charge in [-0.3, -0.25) is 4.90 Å². The molecule has 1 N–H and O–H groups in total. The third-order valence-corrected chi connectivity index (χ3v) is 7.85. The number of sulfonamides is 1. The highest BCUT2D eigenvalue weighted by Crippen LogP contribution is 2.20. The fourth-order valence-corrected chi connectivity index (χ4v) is 5.55. The molecule has 0 amide bonds. The summed E-state index contributed by atoms with van der Waals surface area (Å²) in [5.41, 5.74) is 1.74. The summed E-state index contributed by atoms with van der Waals surface area (Å²) < 4.78 is 30.7. The van der Waals surface area contributed by atoms with Crippen molar-refractivity contribution in [2.45, 2.75) is 38.3 Å². The number of aromatic hydroxyl groups is 1. The standard InChI is InChI=1S/C23H28N4O4S/c1-3-11-26-21-6-4-5-12-27(21)23(29)20(22(26)28)17-24-13-15-25(16-14-24)32(30,31)19-9-7-18(2)8-10-19/h4-10,12H,3,11,13-17H2,1-2H3/p+1. The Morgan fingerprint density at radius 2 is 1.72 bits per heavy atom. The second kappa shape index (κ2) is 9.01. The summed E-state index contributed by atoms with van der Waals surface area (Å²) in [6.07, 6.45) is 2.52. The van der Waals surface area contributed by atoms with Crippen molar-refractivity contribution in [2.24, 2.45) is 0 Å². The van der Waals surface area contributed by atoms with Gasteiger partial charge in [0, 0.05) is 38.8 Å². The molecule has 32 heavy (non-hydrogen) atoms. The Morgan fingerprint density at radius 3 is 2.38 bits per heavy atom. The quantitative estimate of drug-likeness (QED) is 0.567. The molecule has 170 valence electrons. The molecule has 0 unspecified atom stereocenters. The minimum absolute atomic E-state index is 0.0160. The lowest BCUT2D eigenvalue weighted by molar-refractivity contribution is -0.681. The van der Waals surface area contributed by atoms with Crippen LogP contribution in [0.2, 0.25) is 0 Å². The van der Waals surface area contributed by atoms with Gasteiger partial charge in [0.15, 0.2) is 0 Å². The molecule has 0 atom stereocenters. The number of nitrogens with zero attached hydrogens (tertiary/aromatic N) is 4. The molecule has 1 aliphatic heterocycles. The van der Waals surface area contributed by atoms with E-state index in [1.54, 1.807) is 45.5 Å². The third kappa shape index (κ3) is 4.15. The number of hydrogen-bond acceptors (Lipinski definition) is 5. The lowest BCUT2D eigenvalue weighted by atomic mass is 10.2. The monoisotopic (exact) mass is 457 g/mol. The predicted octanol–water partition coefficient (Wildman–Crippen LogP) is 1.52. The van der Waals surface area contributed by atoms with E-state index in [1.165, 1.54) is 4.31 Å². The van der Waals surface area contributed by atoms with Crippen LogP contribution in [0.4, 0.5) is 0 Å². The molecule has 0 spiro atoms. The summed E-state index contributed by atoms with van der Waals surface area (Å²) >= 11 is 0. The molecule has 3 heterocycles. The van der Waals surface area contributed by atoms with E-state index in [2.05, 4.69) is 0 Å². The van der Waals surface area contributed by atoms with Gasteiger partial charge in [0.05, 0.1) is 17.6 Å². The number of fused-ring (bicyclic) bond motifs is 1. The highest BCUT2D eigenvalue weighted by atomic mass is 32.2. The lowest BCUT2D eigenvalue weighted by Gasteiger charge is -2.33. The van der Waals surface area contributed by atoms with Gasteiger partial charge in [-0.15, -0.1) is 0 Å². The van der Waals surface area contributed by atoms with Crippen LogP contribution < -0.4 is 10.1 Å². The summed E-state index contributed by atoms with van der Waals surface area (Å²) in [5, 5.41) is 10.9. The van der Waals surface area contributed by atoms with E-state index >= 15 is 0 Å². The van der Waals surface area contributed by atoms with Crippen LogP contribution in [0.15, 0.2) is 58.4 Å². The van der Waals surface area contributed by atoms with Gasteiger partial charge in [0.25, 0.3) is 11.5 Å². The van der Waals surface area contributed by atoms with Gasteiger partial charge in [-0.2, -0.15) is 13.3 Å². The smallest absolute Gasteiger partial charge is 0.350 e. The highest BCUT2D eigenvalue weighted by Gasteiger charge is 2.30. The Bertz CT molecular complexity index is 1280. The van der Waals surface area contributed by atoms with Gasteiger partial charge in [-0.05, 0) is 31.5 Å². The maximum absolute atomic E-state index is 13.1. The number of piperazine rings is 1. The Morgan fingerprint density at radius 1 is 1.03 bits per heavy atom. The first-order valence-electron chi connectivity index (χ1n) is 10.9. The summed E-state index contributed by atoms with van der Waals surface area (Å²) in [5.74, 6) is -0.0160. The van der Waals surface area contributed by atoms with Crippen LogP contribution in [0.5, 0.6) is 5.88 Å². The highest BCUT2D eigenvalue weighted by molar-refractivity contribution is 7.89. The Labute approximate surface area is 188 Å². The van der Waals surface area contributed by atoms with E-state index in [0.717, 1.165) is 12.0 Å². The molecule has 1 aliphatic rings. The molecule has 0 saturated carbocycles. The van der Waals surface area contributed by atoms with Gasteiger partial charge < -0.3 is 5.11 Å². The molecular weight excluding hydrogens is 428 g/mol. The van der Waals surface area contributed by atoms with Crippen LogP contribution in [-0.4, -0.2) is 53.3 Å². The van der Waals surface area contributed by atoms with Crippen molar-refractivity contribution < 1.29 is 18.1 Å². The second-order valence-electron chi connectivity index (χ2n) is 8.18. The van der Waals surface area contributed by atoms with E-state index in [-0.39, 0.29) is 18.0 Å². The van der Waals surface area contributed by atoms with Gasteiger partial charge in [0.1, 0.15) is 5.56 Å². The van der Waals surface area contributed by atoms with Gasteiger partial charge in [-0.25, -0.2) is 13.2 Å². The fraction of sp³-hybridized carbons (Fsp3) is 0.391. The number of aromatic nitrogens is 2. The first-order valence-corrected chi connectivity index (χ1v) is 12.3. The van der Waals surface area contributed by atoms with Crippen molar-refractivity contribution in [2.75, 3.05) is 26.2 Å². The average molecular weight is 458 g/mol. The zero-order valence-corrected chi connectivity index (χ0v) is 19.3. The van der Waals surface area contributed by atoms with Crippen molar-refractivity contribution in [3.05, 3.63) is 70.1 Å². The molecular formula is C23H29N4O4S+. The van der Waals surface area contributed by atoms with Crippen LogP contribution in [0.25, 0.3) is 5.65 Å². The van der Waals surface area contributed by atoms with Crippen LogP contribution >= 0.6 is 0 Å². The first-order chi connectivity index (χ1) is 15.3. The van der Waals surface area contributed by atoms with Crippen molar-refractivity contribution in [3.8, 4) is 5.88 Å². The number of pyridine rings is 1. The van der Waals surface area contributed by atoms with E-state index in [4.69, 9.17) is 0 Å². The zero-order valence-electron chi connectivity index (χ0n) is 18.4. The van der Waals surface area contributed by atoms with Gasteiger partial charge in [0.2, 0.25) is 10.0 Å². The van der Waals surface area contributed by atoms with Crippen molar-refractivity contribution in [1.29, 1.82) is 0 Å².